The molecule has 2 saturated heterocycles. The number of nitrogens with one attached hydrogen (secondary N) is 1. The quantitative estimate of drug-likeness (QED) is 0.227. The number of amides is 4. The minimum absolute atomic E-state index is 0.0225. The Balaban J connectivity index is 1.49. The highest BCUT2D eigenvalue weighted by Gasteiger charge is 2.36. The number of anilines is 1. The van der Waals surface area contributed by atoms with Crippen molar-refractivity contribution in [3.05, 3.63) is 81.1 Å². The number of carbonyl (C=O) groups is 3. The highest BCUT2D eigenvalue weighted by molar-refractivity contribution is 6.31. The molecule has 1 N–H and O–H groups in total. The van der Waals surface area contributed by atoms with Crippen LogP contribution in [0.1, 0.15) is 22.7 Å². The fourth-order valence-corrected chi connectivity index (χ4v) is 4.75. The van der Waals surface area contributed by atoms with E-state index in [0.29, 0.717) is 54.7 Å². The van der Waals surface area contributed by atoms with Gasteiger partial charge < -0.3 is 18.6 Å². The number of urea groups is 1. The van der Waals surface area contributed by atoms with Crippen LogP contribution in [0.25, 0.3) is 11.8 Å². The summed E-state index contributed by atoms with van der Waals surface area (Å²) in [7, 11) is 0. The van der Waals surface area contributed by atoms with Crippen LogP contribution >= 0.6 is 0 Å². The monoisotopic (exact) mass is 519 g/mol. The van der Waals surface area contributed by atoms with Gasteiger partial charge in [-0.1, -0.05) is 0 Å². The first-order valence-electron chi connectivity index (χ1n) is 12.0. The van der Waals surface area contributed by atoms with E-state index in [4.69, 9.17) is 9.15 Å². The largest absolute Gasteiger partial charge is 0.467 e. The molecule has 0 saturated carbocycles. The van der Waals surface area contributed by atoms with Crippen molar-refractivity contribution in [2.45, 2.75) is 20.4 Å². The maximum absolute atomic E-state index is 13.1. The molecule has 2 aromatic heterocycles. The summed E-state index contributed by atoms with van der Waals surface area (Å²) in [6.45, 7) is 5.63. The van der Waals surface area contributed by atoms with Crippen LogP contribution in [0.3, 0.4) is 0 Å². The molecule has 0 radical (unpaired) electrons. The van der Waals surface area contributed by atoms with Crippen molar-refractivity contribution >= 4 is 35.3 Å². The van der Waals surface area contributed by atoms with Crippen LogP contribution in [-0.4, -0.2) is 58.5 Å². The molecule has 12 nitrogen and oxygen atoms in total. The number of hydrogen-bond acceptors (Lipinski definition) is 8. The van der Waals surface area contributed by atoms with E-state index in [1.165, 1.54) is 18.4 Å². The van der Waals surface area contributed by atoms with Gasteiger partial charge in [-0.25, -0.2) is 4.79 Å². The molecule has 2 fully saturated rings. The molecule has 196 valence electrons. The topological polar surface area (TPSA) is 140 Å². The third-order valence-corrected chi connectivity index (χ3v) is 6.62. The van der Waals surface area contributed by atoms with Crippen LogP contribution < -0.4 is 10.2 Å². The van der Waals surface area contributed by atoms with Crippen LogP contribution in [0.15, 0.2) is 52.7 Å². The van der Waals surface area contributed by atoms with Crippen molar-refractivity contribution in [1.29, 1.82) is 0 Å². The Bertz CT molecular complexity index is 1470. The van der Waals surface area contributed by atoms with Crippen LogP contribution in [-0.2, 0) is 20.9 Å². The number of imide groups is 2. The first-order chi connectivity index (χ1) is 18.2. The first kappa shape index (κ1) is 25.0. The van der Waals surface area contributed by atoms with Gasteiger partial charge in [0.2, 0.25) is 0 Å². The van der Waals surface area contributed by atoms with E-state index in [-0.39, 0.29) is 17.8 Å². The number of nitro groups is 1. The van der Waals surface area contributed by atoms with Crippen LogP contribution in [0.5, 0.6) is 0 Å². The number of furan rings is 1. The predicted molar refractivity (Wildman–Crippen MR) is 136 cm³/mol. The fraction of sp³-hybridized carbons (Fsp3) is 0.269. The number of nitrogens with zero attached hydrogens (tertiary/aromatic N) is 4. The SMILES string of the molecule is Cc1cc(C=C2C(=O)NC(=O)N(Cc3ccco3)C2=O)c(C)n1-c1ccc(N2CCOCC2)c([N+](=O)[O-])c1. The Morgan fingerprint density at radius 1 is 1.11 bits per heavy atom. The number of barbiturate groups is 1. The molecule has 3 aromatic rings. The molecule has 2 aliphatic heterocycles. The second kappa shape index (κ2) is 9.98. The highest BCUT2D eigenvalue weighted by Crippen LogP contribution is 2.33. The lowest BCUT2D eigenvalue weighted by Gasteiger charge is -2.28. The highest BCUT2D eigenvalue weighted by atomic mass is 16.6. The molecule has 1 aromatic carbocycles. The molecule has 0 aliphatic carbocycles. The number of ether oxygens (including phenoxy) is 1. The Labute approximate surface area is 217 Å². The van der Waals surface area contributed by atoms with E-state index in [9.17, 15) is 24.5 Å². The summed E-state index contributed by atoms with van der Waals surface area (Å²) >= 11 is 0. The number of hydrogen-bond donors (Lipinski definition) is 1. The molecule has 5 rings (SSSR count). The molecule has 4 heterocycles. The molecule has 4 amide bonds. The van der Waals surface area contributed by atoms with Gasteiger partial charge in [0.25, 0.3) is 17.5 Å². The maximum Gasteiger partial charge on any atom is 0.331 e. The van der Waals surface area contributed by atoms with Gasteiger partial charge in [-0.3, -0.25) is 29.9 Å². The minimum Gasteiger partial charge on any atom is -0.467 e. The van der Waals surface area contributed by atoms with E-state index in [0.717, 1.165) is 10.6 Å². The molecule has 2 aliphatic rings. The number of morpholine rings is 1. The molecule has 38 heavy (non-hydrogen) atoms. The van der Waals surface area contributed by atoms with Gasteiger partial charge >= 0.3 is 6.03 Å². The van der Waals surface area contributed by atoms with Gasteiger partial charge in [-0.2, -0.15) is 0 Å². The summed E-state index contributed by atoms with van der Waals surface area (Å²) < 4.78 is 12.4. The summed E-state index contributed by atoms with van der Waals surface area (Å²) in [5, 5.41) is 14.1. The molecule has 12 heteroatoms. The minimum atomic E-state index is -0.827. The van der Waals surface area contributed by atoms with Crippen LogP contribution in [0, 0.1) is 24.0 Å². The second-order valence-electron chi connectivity index (χ2n) is 8.98. The zero-order valence-electron chi connectivity index (χ0n) is 20.8. The third kappa shape index (κ3) is 4.57. The van der Waals surface area contributed by atoms with Gasteiger partial charge in [0.1, 0.15) is 17.0 Å². The number of benzene rings is 1. The molecule has 0 spiro atoms. The Morgan fingerprint density at radius 3 is 2.55 bits per heavy atom. The molecule has 0 unspecified atom stereocenters. The number of aryl methyl sites for hydroxylation is 1. The number of aromatic nitrogens is 1. The predicted octanol–water partition coefficient (Wildman–Crippen LogP) is 3.09. The summed E-state index contributed by atoms with van der Waals surface area (Å²) in [4.78, 5) is 52.4. The van der Waals surface area contributed by atoms with Crippen LogP contribution in [0.4, 0.5) is 16.2 Å². The van der Waals surface area contributed by atoms with Crippen molar-refractivity contribution in [2.24, 2.45) is 0 Å². The van der Waals surface area contributed by atoms with E-state index >= 15 is 0 Å². The first-order valence-corrected chi connectivity index (χ1v) is 12.0. The summed E-state index contributed by atoms with van der Waals surface area (Å²) in [6, 6.07) is 9.25. The lowest BCUT2D eigenvalue weighted by atomic mass is 10.1. The normalized spacial score (nSPS) is 17.3. The van der Waals surface area contributed by atoms with E-state index in [1.54, 1.807) is 37.3 Å². The van der Waals surface area contributed by atoms with E-state index in [2.05, 4.69) is 5.32 Å². The summed E-state index contributed by atoms with van der Waals surface area (Å²) in [5.41, 5.74) is 2.84. The van der Waals surface area contributed by atoms with E-state index in [1.807, 2.05) is 16.4 Å². The smallest absolute Gasteiger partial charge is 0.331 e. The van der Waals surface area contributed by atoms with Gasteiger partial charge in [0.15, 0.2) is 0 Å². The van der Waals surface area contributed by atoms with Gasteiger partial charge in [-0.15, -0.1) is 0 Å². The Morgan fingerprint density at radius 2 is 1.87 bits per heavy atom. The maximum atomic E-state index is 13.1. The van der Waals surface area contributed by atoms with Crippen molar-refractivity contribution in [2.75, 3.05) is 31.2 Å². The zero-order chi connectivity index (χ0) is 27.0. The lowest BCUT2D eigenvalue weighted by Crippen LogP contribution is -2.53. The number of carbonyl (C=O) groups excluding carboxylic acids is 3. The fourth-order valence-electron chi connectivity index (χ4n) is 4.75. The van der Waals surface area contributed by atoms with Crippen molar-refractivity contribution in [1.82, 2.24) is 14.8 Å². The average molecular weight is 520 g/mol. The second-order valence-corrected chi connectivity index (χ2v) is 8.98. The number of nitro benzene ring substituents is 1. The molecular formula is C26H25N5O7. The third-order valence-electron chi connectivity index (χ3n) is 6.62. The number of rotatable bonds is 6. The van der Waals surface area contributed by atoms with E-state index < -0.39 is 22.8 Å². The standard InChI is InChI=1S/C26H25N5O7/c1-16-12-18(13-21-24(32)27-26(34)29(25(21)33)15-20-4-3-9-38-20)17(2)30(16)19-5-6-22(23(14-19)31(35)36)28-7-10-37-11-8-28/h3-6,9,12-14H,7-8,10-11,15H2,1-2H3,(H,27,32,34). The van der Waals surface area contributed by atoms with Gasteiger partial charge in [0, 0.05) is 30.5 Å². The lowest BCUT2D eigenvalue weighted by molar-refractivity contribution is -0.384. The Hall–Kier alpha value is -4.71. The average Bonchev–Trinajstić information content (AvgIpc) is 3.51. The van der Waals surface area contributed by atoms with Crippen molar-refractivity contribution in [3.63, 3.8) is 0 Å². The van der Waals surface area contributed by atoms with Crippen molar-refractivity contribution in [3.8, 4) is 5.69 Å². The molecule has 0 atom stereocenters. The van der Waals surface area contributed by atoms with Gasteiger partial charge in [0.05, 0.1) is 36.6 Å². The zero-order valence-corrected chi connectivity index (χ0v) is 20.8. The molecule has 0 bridgehead atoms. The summed E-state index contributed by atoms with van der Waals surface area (Å²) in [5.74, 6) is -1.15. The van der Waals surface area contributed by atoms with Crippen LogP contribution in [0.2, 0.25) is 0 Å². The summed E-state index contributed by atoms with van der Waals surface area (Å²) in [6.07, 6.45) is 2.85. The van der Waals surface area contributed by atoms with Crippen molar-refractivity contribution < 1.29 is 28.5 Å². The van der Waals surface area contributed by atoms with Gasteiger partial charge in [-0.05, 0) is 55.8 Å². The Kier molecular flexibility index (Phi) is 6.55. The molecular weight excluding hydrogens is 494 g/mol.